The van der Waals surface area contributed by atoms with Crippen molar-refractivity contribution in [3.8, 4) is 46.0 Å². The van der Waals surface area contributed by atoms with Gasteiger partial charge in [0.15, 0.2) is 0 Å². The van der Waals surface area contributed by atoms with Gasteiger partial charge in [0.2, 0.25) is 27.2 Å². The highest BCUT2D eigenvalue weighted by Gasteiger charge is 2.45. The van der Waals surface area contributed by atoms with Gasteiger partial charge in [0.05, 0.1) is 21.9 Å². The lowest BCUT2D eigenvalue weighted by molar-refractivity contribution is 0.102. The number of hydrogen-bond acceptors (Lipinski definition) is 16. The maximum absolute atomic E-state index is 12.0. The lowest BCUT2D eigenvalue weighted by Crippen LogP contribution is -2.41. The highest BCUT2D eigenvalue weighted by Crippen LogP contribution is 2.54. The minimum atomic E-state index is -2.11. The molecule has 0 saturated heterocycles. The van der Waals surface area contributed by atoms with Crippen LogP contribution in [-0.2, 0) is 0 Å². The van der Waals surface area contributed by atoms with Crippen LogP contribution in [0.5, 0.6) is 46.0 Å². The summed E-state index contributed by atoms with van der Waals surface area (Å²) >= 11 is 0. The van der Waals surface area contributed by atoms with Crippen molar-refractivity contribution in [2.45, 2.75) is 308 Å². The summed E-state index contributed by atoms with van der Waals surface area (Å²) in [6.45, 7) is 7.03. The molecule has 4 aromatic rings. The first-order valence-electron chi connectivity index (χ1n) is 38.2. The second-order valence-corrected chi connectivity index (χ2v) is 28.3. The summed E-state index contributed by atoms with van der Waals surface area (Å²) in [4.78, 5) is 0. The van der Waals surface area contributed by atoms with Gasteiger partial charge in [-0.2, -0.15) is 0 Å². The van der Waals surface area contributed by atoms with E-state index in [0.29, 0.717) is 70.2 Å². The fourth-order valence-electron chi connectivity index (χ4n) is 16.3. The zero-order chi connectivity index (χ0) is 67.8. The summed E-state index contributed by atoms with van der Waals surface area (Å²) in [6, 6.07) is 8.40. The molecule has 0 radical (unpaired) electrons. The summed E-state index contributed by atoms with van der Waals surface area (Å²) in [7, 11) is -8.46. The van der Waals surface area contributed by atoms with Crippen LogP contribution in [-0.4, -0.2) is 95.8 Å². The Morgan fingerprint density at radius 2 is 0.365 bits per heavy atom. The largest absolute Gasteiger partial charge is 0.496 e. The molecule has 16 nitrogen and oxygen atoms in total. The molecule has 0 saturated carbocycles. The van der Waals surface area contributed by atoms with E-state index >= 15 is 0 Å². The van der Waals surface area contributed by atoms with Gasteiger partial charge >= 0.3 is 28.5 Å². The van der Waals surface area contributed by atoms with Crippen LogP contribution < -0.4 is 59.7 Å². The van der Waals surface area contributed by atoms with E-state index in [9.17, 15) is 40.2 Å². The van der Waals surface area contributed by atoms with Gasteiger partial charge in [-0.15, -0.1) is 0 Å². The van der Waals surface area contributed by atoms with E-state index in [2.05, 4.69) is 52.0 Å². The molecule has 8 bridgehead atoms. The average molecular weight is 1330 g/mol. The molecule has 5 aliphatic rings. The van der Waals surface area contributed by atoms with Gasteiger partial charge in [-0.3, -0.25) is 0 Å². The van der Waals surface area contributed by atoms with Gasteiger partial charge < -0.3 is 78.1 Å². The molecule has 528 valence electrons. The van der Waals surface area contributed by atoms with E-state index in [1.165, 1.54) is 103 Å². The summed E-state index contributed by atoms with van der Waals surface area (Å²) in [6.07, 6.45) is 41.0. The molecule has 0 spiro atoms. The Labute approximate surface area is 575 Å². The van der Waals surface area contributed by atoms with Crippen molar-refractivity contribution >= 4 is 50.3 Å². The van der Waals surface area contributed by atoms with Gasteiger partial charge in [-0.05, 0) is 49.9 Å². The highest BCUT2D eigenvalue weighted by molar-refractivity contribution is 6.62. The van der Waals surface area contributed by atoms with Crippen LogP contribution in [0.1, 0.15) is 353 Å². The van der Waals surface area contributed by atoms with E-state index < -0.39 is 79.3 Å². The van der Waals surface area contributed by atoms with E-state index in [-0.39, 0.29) is 67.8 Å². The molecule has 20 heteroatoms. The standard InChI is InChI=1S/C76H116B4O16/c1-5-9-13-17-21-25-29-33-37-41-53-57-45-59-54(42-38-34-30-26-22-18-14-10-6-2)61-47-63-56(44-40-36-32-28-24-20-16-12-8-4)64-48-62-55(43-39-35-31-27-23-19-15-11-7-3)60-46-58(53)70-66(78(83)84)72(60)92-51-94-74(62)68(80(87)88)76(64)96-52-95-75(63)67(79(85)86)73(61)93-50-91-71(59)65(77(81)82)69(57)89-49-90-70/h45-48,53-56,81-88H,5-44,49-52H2,1-4H3. The number of unbranched alkanes of at least 4 members (excludes halogenated alkanes) is 32. The lowest BCUT2D eigenvalue weighted by atomic mass is 9.66. The van der Waals surface area contributed by atoms with Crippen LogP contribution in [0.15, 0.2) is 24.3 Å². The third-order valence-corrected chi connectivity index (χ3v) is 21.3. The van der Waals surface area contributed by atoms with Gasteiger partial charge in [0, 0.05) is 68.2 Å². The van der Waals surface area contributed by atoms with Crippen molar-refractivity contribution < 1.29 is 78.1 Å². The molecule has 4 heterocycles. The van der Waals surface area contributed by atoms with Crippen LogP contribution >= 0.6 is 0 Å². The van der Waals surface area contributed by atoms with Crippen molar-refractivity contribution in [1.29, 1.82) is 0 Å². The Morgan fingerprint density at radius 3 is 0.500 bits per heavy atom. The average Bonchev–Trinajstić information content (AvgIpc) is 0.722. The summed E-state index contributed by atoms with van der Waals surface area (Å²) in [5, 5.41) is 96.2. The molecular weight excluding hydrogens is 1210 g/mol. The first-order chi connectivity index (χ1) is 46.9. The Bertz CT molecular complexity index is 2510. The summed E-state index contributed by atoms with van der Waals surface area (Å²) in [5.41, 5.74) is 5.10. The minimum Gasteiger partial charge on any atom is -0.457 e. The molecule has 0 atom stereocenters. The molecule has 0 aromatic heterocycles. The Kier molecular flexibility index (Phi) is 30.9. The molecule has 0 unspecified atom stereocenters. The molecule has 4 aromatic carbocycles. The second-order valence-electron chi connectivity index (χ2n) is 28.3. The van der Waals surface area contributed by atoms with E-state index in [1.54, 1.807) is 0 Å². The van der Waals surface area contributed by atoms with Crippen molar-refractivity contribution in [1.82, 2.24) is 0 Å². The Hall–Kier alpha value is -4.78. The highest BCUT2D eigenvalue weighted by atomic mass is 16.7. The van der Waals surface area contributed by atoms with Gasteiger partial charge in [0.1, 0.15) is 46.0 Å². The fraction of sp³-hybridized carbons (Fsp3) is 0.684. The van der Waals surface area contributed by atoms with Crippen LogP contribution in [0.3, 0.4) is 0 Å². The minimum absolute atomic E-state index is 0.00556. The topological polar surface area (TPSA) is 236 Å². The molecule has 0 fully saturated rings. The molecule has 0 amide bonds. The second kappa shape index (κ2) is 39.3. The number of hydrogen-bond donors (Lipinski definition) is 8. The molecule has 1 aliphatic carbocycles. The zero-order valence-electron chi connectivity index (χ0n) is 58.9. The van der Waals surface area contributed by atoms with Crippen LogP contribution in [0.2, 0.25) is 0 Å². The lowest BCUT2D eigenvalue weighted by Gasteiger charge is -2.37. The van der Waals surface area contributed by atoms with Gasteiger partial charge in [-0.25, -0.2) is 0 Å². The van der Waals surface area contributed by atoms with Crippen molar-refractivity contribution in [3.63, 3.8) is 0 Å². The number of rotatable bonds is 44. The molecular formula is C76H116B4O16. The third kappa shape index (κ3) is 19.0. The molecule has 9 rings (SSSR count). The van der Waals surface area contributed by atoms with Gasteiger partial charge in [0.25, 0.3) is 0 Å². The first kappa shape index (κ1) is 75.4. The molecule has 8 N–H and O–H groups in total. The first-order valence-corrected chi connectivity index (χ1v) is 38.2. The summed E-state index contributed by atoms with van der Waals surface area (Å²) < 4.78 is 53.9. The quantitative estimate of drug-likeness (QED) is 0.0152. The fourth-order valence-corrected chi connectivity index (χ4v) is 16.3. The van der Waals surface area contributed by atoms with E-state index in [4.69, 9.17) is 37.9 Å². The predicted octanol–water partition coefficient (Wildman–Crippen LogP) is 13.8. The van der Waals surface area contributed by atoms with E-state index in [0.717, 1.165) is 128 Å². The van der Waals surface area contributed by atoms with Crippen LogP contribution in [0.25, 0.3) is 0 Å². The van der Waals surface area contributed by atoms with E-state index in [1.807, 2.05) is 0 Å². The van der Waals surface area contributed by atoms with Crippen molar-refractivity contribution in [3.05, 3.63) is 68.8 Å². The van der Waals surface area contributed by atoms with Crippen LogP contribution in [0, 0.1) is 0 Å². The monoisotopic (exact) mass is 1330 g/mol. The molecule has 4 aliphatic heterocycles. The van der Waals surface area contributed by atoms with Crippen molar-refractivity contribution in [2.75, 3.05) is 27.2 Å². The Balaban J connectivity index is 1.33. The predicted molar refractivity (Wildman–Crippen MR) is 384 cm³/mol. The number of benzene rings is 4. The normalized spacial score (nSPS) is 17.0. The van der Waals surface area contributed by atoms with Gasteiger partial charge in [-0.1, -0.05) is 259 Å². The zero-order valence-corrected chi connectivity index (χ0v) is 58.9. The van der Waals surface area contributed by atoms with Crippen molar-refractivity contribution in [2.24, 2.45) is 0 Å². The molecule has 96 heavy (non-hydrogen) atoms. The third-order valence-electron chi connectivity index (χ3n) is 21.3. The maximum atomic E-state index is 12.0. The SMILES string of the molecule is CCCCCCCCCCCC1c2cc3c4c(B(O)O)c2OCOc2c1cc1c(c2B(O)O)OCOc2c(cc5c(c2B(O)O)OCOc2c(cc(c(c2B(O)O)OCO4)C3CCCCCCCCCCC)C5CCCCCCCCCCC)C1CCCCCCCCCCC. The summed E-state index contributed by atoms with van der Waals surface area (Å²) in [5.74, 6) is -1.10. The maximum Gasteiger partial charge on any atom is 0.496 e. The van der Waals surface area contributed by atoms with Crippen LogP contribution in [0.4, 0.5) is 0 Å². The number of ether oxygens (including phenoxy) is 8. The Morgan fingerprint density at radius 1 is 0.229 bits per heavy atom. The smallest absolute Gasteiger partial charge is 0.457 e.